The van der Waals surface area contributed by atoms with Gasteiger partial charge < -0.3 is 19.7 Å². The molecule has 6 heteroatoms. The predicted molar refractivity (Wildman–Crippen MR) is 80.7 cm³/mol. The number of unbranched alkanes of at least 4 members (excludes halogenated alkanes) is 1. The van der Waals surface area contributed by atoms with Gasteiger partial charge in [-0.3, -0.25) is 4.79 Å². The molecule has 0 saturated carbocycles. The van der Waals surface area contributed by atoms with Crippen molar-refractivity contribution in [2.24, 2.45) is 0 Å². The number of carbonyl (C=O) groups excluding carboxylic acids is 1. The molecule has 2 heterocycles. The number of ether oxygens (including phenoxy) is 2. The average Bonchev–Trinajstić information content (AvgIpc) is 2.55. The van der Waals surface area contributed by atoms with Gasteiger partial charge in [0, 0.05) is 39.5 Å². The third-order valence-electron chi connectivity index (χ3n) is 3.40. The largest absolute Gasteiger partial charge is 0.385 e. The van der Waals surface area contributed by atoms with Gasteiger partial charge in [0.15, 0.2) is 0 Å². The molecule has 1 aromatic rings. The topological polar surface area (TPSA) is 63.7 Å². The second kappa shape index (κ2) is 8.59. The molecule has 0 bridgehead atoms. The predicted octanol–water partition coefficient (Wildman–Crippen LogP) is 1.07. The fraction of sp³-hybridized carbons (Fsp3) is 0.600. The lowest BCUT2D eigenvalue weighted by Crippen LogP contribution is -2.38. The summed E-state index contributed by atoms with van der Waals surface area (Å²) in [6, 6.07) is 3.62. The molecule has 0 spiro atoms. The summed E-state index contributed by atoms with van der Waals surface area (Å²) in [5.41, 5.74) is 0.631. The van der Waals surface area contributed by atoms with Gasteiger partial charge in [0.25, 0.3) is 5.91 Å². The van der Waals surface area contributed by atoms with E-state index >= 15 is 0 Å². The van der Waals surface area contributed by atoms with E-state index in [0.29, 0.717) is 25.3 Å². The van der Waals surface area contributed by atoms with Crippen LogP contribution in [-0.2, 0) is 9.47 Å². The number of aromatic nitrogens is 1. The van der Waals surface area contributed by atoms with Crippen LogP contribution in [0.25, 0.3) is 0 Å². The Balaban J connectivity index is 1.93. The van der Waals surface area contributed by atoms with Crippen LogP contribution in [0.5, 0.6) is 0 Å². The summed E-state index contributed by atoms with van der Waals surface area (Å²) in [4.78, 5) is 18.8. The van der Waals surface area contributed by atoms with E-state index < -0.39 is 0 Å². The van der Waals surface area contributed by atoms with Gasteiger partial charge in [-0.25, -0.2) is 4.98 Å². The number of methoxy groups -OCH3 is 1. The van der Waals surface area contributed by atoms with Gasteiger partial charge in [0.1, 0.15) is 5.82 Å². The molecule has 0 radical (unpaired) electrons. The van der Waals surface area contributed by atoms with Crippen LogP contribution in [0.4, 0.5) is 5.82 Å². The first-order chi connectivity index (χ1) is 10.3. The number of nitrogens with one attached hydrogen (secondary N) is 1. The molecule has 2 rings (SSSR count). The molecular weight excluding hydrogens is 270 g/mol. The van der Waals surface area contributed by atoms with E-state index in [9.17, 15) is 4.79 Å². The molecule has 1 aliphatic heterocycles. The summed E-state index contributed by atoms with van der Waals surface area (Å²) in [7, 11) is 1.68. The van der Waals surface area contributed by atoms with Crippen molar-refractivity contribution in [1.29, 1.82) is 0 Å². The molecule has 0 atom stereocenters. The van der Waals surface area contributed by atoms with Crippen LogP contribution < -0.4 is 10.2 Å². The highest BCUT2D eigenvalue weighted by molar-refractivity contribution is 5.98. The van der Waals surface area contributed by atoms with Crippen molar-refractivity contribution in [2.75, 3.05) is 51.5 Å². The molecule has 1 amide bonds. The first-order valence-electron chi connectivity index (χ1n) is 7.38. The molecule has 1 fully saturated rings. The maximum atomic E-state index is 12.3. The molecule has 0 unspecified atom stereocenters. The van der Waals surface area contributed by atoms with Crippen LogP contribution in [0, 0.1) is 0 Å². The van der Waals surface area contributed by atoms with Gasteiger partial charge in [-0.2, -0.15) is 0 Å². The van der Waals surface area contributed by atoms with Crippen molar-refractivity contribution in [3.05, 3.63) is 23.9 Å². The molecular formula is C15H23N3O3. The van der Waals surface area contributed by atoms with Crippen molar-refractivity contribution in [3.63, 3.8) is 0 Å². The number of amides is 1. The number of morpholine rings is 1. The van der Waals surface area contributed by atoms with E-state index in [1.54, 1.807) is 19.4 Å². The highest BCUT2D eigenvalue weighted by atomic mass is 16.5. The van der Waals surface area contributed by atoms with E-state index in [2.05, 4.69) is 15.2 Å². The number of carbonyl (C=O) groups is 1. The van der Waals surface area contributed by atoms with E-state index in [1.165, 1.54) is 0 Å². The zero-order chi connectivity index (χ0) is 14.9. The van der Waals surface area contributed by atoms with Gasteiger partial charge in [-0.05, 0) is 25.0 Å². The third kappa shape index (κ3) is 4.68. The van der Waals surface area contributed by atoms with Crippen molar-refractivity contribution in [1.82, 2.24) is 10.3 Å². The molecule has 116 valence electrons. The van der Waals surface area contributed by atoms with Crippen LogP contribution in [-0.4, -0.2) is 57.5 Å². The summed E-state index contributed by atoms with van der Waals surface area (Å²) < 4.78 is 10.3. The summed E-state index contributed by atoms with van der Waals surface area (Å²) in [6.45, 7) is 4.26. The Kier molecular flexibility index (Phi) is 6.43. The number of nitrogens with zero attached hydrogens (tertiary/aromatic N) is 2. The third-order valence-corrected chi connectivity index (χ3v) is 3.40. The highest BCUT2D eigenvalue weighted by Gasteiger charge is 2.19. The zero-order valence-corrected chi connectivity index (χ0v) is 12.5. The van der Waals surface area contributed by atoms with Gasteiger partial charge in [0.05, 0.1) is 18.8 Å². The fourth-order valence-corrected chi connectivity index (χ4v) is 2.27. The van der Waals surface area contributed by atoms with Crippen molar-refractivity contribution in [2.45, 2.75) is 12.8 Å². The molecule has 0 aromatic carbocycles. The first kappa shape index (κ1) is 15.7. The highest BCUT2D eigenvalue weighted by Crippen LogP contribution is 2.18. The maximum Gasteiger partial charge on any atom is 0.255 e. The summed E-state index contributed by atoms with van der Waals surface area (Å²) >= 11 is 0. The van der Waals surface area contributed by atoms with E-state index in [-0.39, 0.29) is 5.91 Å². The van der Waals surface area contributed by atoms with E-state index in [0.717, 1.165) is 38.4 Å². The maximum absolute atomic E-state index is 12.3. The first-order valence-corrected chi connectivity index (χ1v) is 7.38. The fourth-order valence-electron chi connectivity index (χ4n) is 2.27. The van der Waals surface area contributed by atoms with Gasteiger partial charge in [-0.1, -0.05) is 0 Å². The smallest absolute Gasteiger partial charge is 0.255 e. The lowest BCUT2D eigenvalue weighted by atomic mass is 10.2. The molecule has 0 aliphatic carbocycles. The summed E-state index contributed by atoms with van der Waals surface area (Å²) in [6.07, 6.45) is 3.58. The molecule has 1 saturated heterocycles. The zero-order valence-electron chi connectivity index (χ0n) is 12.5. The Hall–Kier alpha value is -1.66. The van der Waals surface area contributed by atoms with Crippen molar-refractivity contribution in [3.8, 4) is 0 Å². The monoisotopic (exact) mass is 293 g/mol. The number of hydrogen-bond acceptors (Lipinski definition) is 5. The van der Waals surface area contributed by atoms with E-state index in [1.807, 2.05) is 6.07 Å². The van der Waals surface area contributed by atoms with Gasteiger partial charge in [0.2, 0.25) is 0 Å². The minimum Gasteiger partial charge on any atom is -0.385 e. The van der Waals surface area contributed by atoms with Crippen LogP contribution in [0.15, 0.2) is 18.3 Å². The standard InChI is InChI=1S/C15H23N3O3/c1-20-10-3-2-6-17-15(19)13-5-4-7-16-14(13)18-8-11-21-12-9-18/h4-5,7H,2-3,6,8-12H2,1H3,(H,17,19). The Bertz CT molecular complexity index is 448. The lowest BCUT2D eigenvalue weighted by molar-refractivity contribution is 0.0949. The molecule has 1 N–H and O–H groups in total. The van der Waals surface area contributed by atoms with Crippen LogP contribution in [0.1, 0.15) is 23.2 Å². The lowest BCUT2D eigenvalue weighted by Gasteiger charge is -2.29. The second-order valence-electron chi connectivity index (χ2n) is 4.93. The molecule has 1 aliphatic rings. The minimum atomic E-state index is -0.0676. The Morgan fingerprint density at radius 3 is 3.00 bits per heavy atom. The number of pyridine rings is 1. The average molecular weight is 293 g/mol. The van der Waals surface area contributed by atoms with Crippen molar-refractivity contribution < 1.29 is 14.3 Å². The van der Waals surface area contributed by atoms with E-state index in [4.69, 9.17) is 9.47 Å². The Morgan fingerprint density at radius 2 is 2.24 bits per heavy atom. The van der Waals surface area contributed by atoms with Crippen LogP contribution >= 0.6 is 0 Å². The van der Waals surface area contributed by atoms with Gasteiger partial charge in [-0.15, -0.1) is 0 Å². The molecule has 1 aromatic heterocycles. The minimum absolute atomic E-state index is 0.0676. The number of rotatable bonds is 7. The molecule has 6 nitrogen and oxygen atoms in total. The van der Waals surface area contributed by atoms with Crippen molar-refractivity contribution >= 4 is 11.7 Å². The second-order valence-corrected chi connectivity index (χ2v) is 4.93. The normalized spacial score (nSPS) is 15.0. The summed E-state index contributed by atoms with van der Waals surface area (Å²) in [5, 5.41) is 2.94. The molecule has 21 heavy (non-hydrogen) atoms. The number of anilines is 1. The van der Waals surface area contributed by atoms with Crippen LogP contribution in [0.2, 0.25) is 0 Å². The SMILES string of the molecule is COCCCCNC(=O)c1cccnc1N1CCOCC1. The Labute approximate surface area is 125 Å². The quantitative estimate of drug-likeness (QED) is 0.762. The van der Waals surface area contributed by atoms with Crippen LogP contribution in [0.3, 0.4) is 0 Å². The Morgan fingerprint density at radius 1 is 1.43 bits per heavy atom. The summed E-state index contributed by atoms with van der Waals surface area (Å²) in [5.74, 6) is 0.678. The van der Waals surface area contributed by atoms with Gasteiger partial charge >= 0.3 is 0 Å². The number of hydrogen-bond donors (Lipinski definition) is 1.